The van der Waals surface area contributed by atoms with Gasteiger partial charge < -0.3 is 5.32 Å². The van der Waals surface area contributed by atoms with Gasteiger partial charge >= 0.3 is 5.69 Å². The lowest BCUT2D eigenvalue weighted by Gasteiger charge is -2.08. The summed E-state index contributed by atoms with van der Waals surface area (Å²) in [6.07, 6.45) is -0.00984. The van der Waals surface area contributed by atoms with Crippen LogP contribution in [0, 0.1) is 0 Å². The predicted octanol–water partition coefficient (Wildman–Crippen LogP) is -0.485. The highest BCUT2D eigenvalue weighted by molar-refractivity contribution is 9.10. The molecule has 1 rings (SSSR count). The van der Waals surface area contributed by atoms with E-state index in [9.17, 15) is 14.4 Å². The summed E-state index contributed by atoms with van der Waals surface area (Å²) in [4.78, 5) is 36.1. The normalized spacial score (nSPS) is 10.2. The monoisotopic (exact) mass is 289 g/mol. The average molecular weight is 290 g/mol. The van der Waals surface area contributed by atoms with Crippen molar-refractivity contribution in [3.05, 3.63) is 31.0 Å². The summed E-state index contributed by atoms with van der Waals surface area (Å²) in [7, 11) is 1.50. The maximum absolute atomic E-state index is 11.4. The van der Waals surface area contributed by atoms with Crippen LogP contribution in [-0.2, 0) is 18.3 Å². The fourth-order valence-electron chi connectivity index (χ4n) is 1.24. The van der Waals surface area contributed by atoms with Crippen molar-refractivity contribution in [1.82, 2.24) is 14.9 Å². The first-order valence-electron chi connectivity index (χ1n) is 4.71. The third kappa shape index (κ3) is 2.60. The Balaban J connectivity index is 3.18. The number of H-pyrrole nitrogens is 1. The summed E-state index contributed by atoms with van der Waals surface area (Å²) < 4.78 is 1.45. The van der Waals surface area contributed by atoms with Crippen molar-refractivity contribution < 1.29 is 4.79 Å². The van der Waals surface area contributed by atoms with Gasteiger partial charge in [-0.25, -0.2) is 4.79 Å². The predicted molar refractivity (Wildman–Crippen MR) is 62.4 cm³/mol. The molecule has 0 aliphatic carbocycles. The van der Waals surface area contributed by atoms with Gasteiger partial charge in [0, 0.05) is 13.6 Å². The van der Waals surface area contributed by atoms with Gasteiger partial charge in [-0.2, -0.15) is 0 Å². The molecule has 7 heteroatoms. The highest BCUT2D eigenvalue weighted by atomic mass is 79.9. The third-order valence-electron chi connectivity index (χ3n) is 2.08. The standard InChI is InChI=1S/C9H12BrN3O3/c1-3-11-6(14)4-5-7(10)8(15)12-9(16)13(5)2/h3-4H2,1-2H3,(H,11,14)(H,12,15,16). The highest BCUT2D eigenvalue weighted by Gasteiger charge is 2.13. The smallest absolute Gasteiger partial charge is 0.328 e. The number of hydrogen-bond acceptors (Lipinski definition) is 3. The van der Waals surface area contributed by atoms with Crippen molar-refractivity contribution in [2.75, 3.05) is 6.54 Å². The van der Waals surface area contributed by atoms with E-state index in [1.165, 1.54) is 11.6 Å². The van der Waals surface area contributed by atoms with Gasteiger partial charge in [0.25, 0.3) is 5.56 Å². The Bertz CT molecular complexity index is 483. The van der Waals surface area contributed by atoms with Gasteiger partial charge in [-0.3, -0.25) is 19.1 Å². The third-order valence-corrected chi connectivity index (χ3v) is 2.90. The number of aromatic amines is 1. The van der Waals surface area contributed by atoms with E-state index in [0.29, 0.717) is 12.2 Å². The maximum atomic E-state index is 11.4. The molecule has 6 nitrogen and oxygen atoms in total. The van der Waals surface area contributed by atoms with Crippen LogP contribution in [0.4, 0.5) is 0 Å². The lowest BCUT2D eigenvalue weighted by Crippen LogP contribution is -2.34. The summed E-state index contributed by atoms with van der Waals surface area (Å²) in [5.74, 6) is -0.233. The zero-order chi connectivity index (χ0) is 12.3. The van der Waals surface area contributed by atoms with Crippen LogP contribution in [0.2, 0.25) is 0 Å². The number of amides is 1. The van der Waals surface area contributed by atoms with Crippen molar-refractivity contribution in [2.45, 2.75) is 13.3 Å². The minimum atomic E-state index is -0.535. The van der Waals surface area contributed by atoms with Gasteiger partial charge in [-0.05, 0) is 22.9 Å². The zero-order valence-electron chi connectivity index (χ0n) is 8.96. The van der Waals surface area contributed by atoms with Crippen LogP contribution in [0.25, 0.3) is 0 Å². The Morgan fingerprint density at radius 1 is 1.50 bits per heavy atom. The number of rotatable bonds is 3. The van der Waals surface area contributed by atoms with E-state index in [1.54, 1.807) is 6.92 Å². The largest absolute Gasteiger partial charge is 0.356 e. The maximum Gasteiger partial charge on any atom is 0.328 e. The van der Waals surface area contributed by atoms with E-state index < -0.39 is 11.2 Å². The average Bonchev–Trinajstić information content (AvgIpc) is 2.22. The summed E-state index contributed by atoms with van der Waals surface area (Å²) in [5.41, 5.74) is -0.699. The van der Waals surface area contributed by atoms with Crippen LogP contribution in [0.15, 0.2) is 14.1 Å². The second-order valence-corrected chi connectivity index (χ2v) is 4.00. The fourth-order valence-corrected chi connectivity index (χ4v) is 1.75. The number of carbonyl (C=O) groups is 1. The Morgan fingerprint density at radius 3 is 2.69 bits per heavy atom. The fraction of sp³-hybridized carbons (Fsp3) is 0.444. The van der Waals surface area contributed by atoms with Gasteiger partial charge in [0.05, 0.1) is 12.1 Å². The molecule has 1 aromatic rings. The molecule has 0 saturated carbocycles. The molecule has 0 spiro atoms. The van der Waals surface area contributed by atoms with Gasteiger partial charge in [-0.1, -0.05) is 0 Å². The van der Waals surface area contributed by atoms with Crippen LogP contribution in [0.3, 0.4) is 0 Å². The number of hydrogen-bond donors (Lipinski definition) is 2. The number of carbonyl (C=O) groups excluding carboxylic acids is 1. The molecule has 0 aliphatic rings. The van der Waals surface area contributed by atoms with Gasteiger partial charge in [-0.15, -0.1) is 0 Å². The summed E-state index contributed by atoms with van der Waals surface area (Å²) in [6.45, 7) is 2.30. The van der Waals surface area contributed by atoms with Gasteiger partial charge in [0.2, 0.25) is 5.91 Å². The molecule has 0 unspecified atom stereocenters. The number of halogens is 1. The number of likely N-dealkylation sites (N-methyl/N-ethyl adjacent to an activating group) is 1. The summed E-state index contributed by atoms with van der Waals surface area (Å²) in [6, 6.07) is 0. The van der Waals surface area contributed by atoms with E-state index in [4.69, 9.17) is 0 Å². The van der Waals surface area contributed by atoms with Crippen LogP contribution in [-0.4, -0.2) is 22.0 Å². The number of nitrogens with one attached hydrogen (secondary N) is 2. The van der Waals surface area contributed by atoms with E-state index >= 15 is 0 Å². The second kappa shape index (κ2) is 5.11. The van der Waals surface area contributed by atoms with E-state index in [-0.39, 0.29) is 16.8 Å². The van der Waals surface area contributed by atoms with E-state index in [0.717, 1.165) is 0 Å². The van der Waals surface area contributed by atoms with E-state index in [1.807, 2.05) is 0 Å². The molecular weight excluding hydrogens is 278 g/mol. The van der Waals surface area contributed by atoms with Crippen LogP contribution >= 0.6 is 15.9 Å². The molecule has 16 heavy (non-hydrogen) atoms. The molecule has 0 bridgehead atoms. The molecule has 0 fully saturated rings. The minimum Gasteiger partial charge on any atom is -0.356 e. The summed E-state index contributed by atoms with van der Waals surface area (Å²) in [5, 5.41) is 2.60. The van der Waals surface area contributed by atoms with Crippen molar-refractivity contribution in [2.24, 2.45) is 7.05 Å². The first-order chi connectivity index (χ1) is 7.47. The highest BCUT2D eigenvalue weighted by Crippen LogP contribution is 2.08. The first-order valence-corrected chi connectivity index (χ1v) is 5.51. The second-order valence-electron chi connectivity index (χ2n) is 3.21. The lowest BCUT2D eigenvalue weighted by atomic mass is 10.2. The molecule has 1 aromatic heterocycles. The SMILES string of the molecule is CCNC(=O)Cc1c(Br)c(=O)[nH]c(=O)n1C. The Labute approximate surface area is 99.8 Å². The van der Waals surface area contributed by atoms with Crippen LogP contribution < -0.4 is 16.6 Å². The molecule has 0 saturated heterocycles. The van der Waals surface area contributed by atoms with Crippen molar-refractivity contribution in [3.63, 3.8) is 0 Å². The molecule has 0 radical (unpaired) electrons. The Hall–Kier alpha value is -1.37. The molecule has 88 valence electrons. The summed E-state index contributed by atoms with van der Waals surface area (Å²) >= 11 is 3.06. The van der Waals surface area contributed by atoms with Crippen molar-refractivity contribution in [1.29, 1.82) is 0 Å². The molecule has 0 aromatic carbocycles. The van der Waals surface area contributed by atoms with Crippen LogP contribution in [0.5, 0.6) is 0 Å². The van der Waals surface area contributed by atoms with Crippen LogP contribution in [0.1, 0.15) is 12.6 Å². The minimum absolute atomic E-state index is 0.00984. The number of aromatic nitrogens is 2. The lowest BCUT2D eigenvalue weighted by molar-refractivity contribution is -0.120. The molecule has 1 heterocycles. The molecule has 1 amide bonds. The molecule has 0 atom stereocenters. The first kappa shape index (κ1) is 12.7. The van der Waals surface area contributed by atoms with Gasteiger partial charge in [0.15, 0.2) is 0 Å². The van der Waals surface area contributed by atoms with Crippen molar-refractivity contribution >= 4 is 21.8 Å². The zero-order valence-corrected chi connectivity index (χ0v) is 10.6. The van der Waals surface area contributed by atoms with Gasteiger partial charge in [0.1, 0.15) is 4.47 Å². The Kier molecular flexibility index (Phi) is 4.05. The topological polar surface area (TPSA) is 84.0 Å². The quantitative estimate of drug-likeness (QED) is 0.788. The Morgan fingerprint density at radius 2 is 2.12 bits per heavy atom. The van der Waals surface area contributed by atoms with Crippen molar-refractivity contribution in [3.8, 4) is 0 Å². The molecule has 0 aliphatic heterocycles. The molecular formula is C9H12BrN3O3. The molecule has 2 N–H and O–H groups in total. The number of nitrogens with zero attached hydrogens (tertiary/aromatic N) is 1. The van der Waals surface area contributed by atoms with E-state index in [2.05, 4.69) is 26.2 Å².